The molecule has 1 fully saturated rings. The molecule has 0 saturated carbocycles. The van der Waals surface area contributed by atoms with E-state index in [1.54, 1.807) is 30.5 Å². The summed E-state index contributed by atoms with van der Waals surface area (Å²) in [7, 11) is 0. The predicted octanol–water partition coefficient (Wildman–Crippen LogP) is 2.93. The van der Waals surface area contributed by atoms with E-state index in [4.69, 9.17) is 0 Å². The Balaban J connectivity index is 1.58. The number of carbonyl (C=O) groups is 1. The third kappa shape index (κ3) is 3.67. The molecule has 120 valence electrons. The molecular weight excluding hydrogens is 293 g/mol. The minimum atomic E-state index is -0.188. The number of nitrogens with zero attached hydrogens (tertiary/aromatic N) is 2. The van der Waals surface area contributed by atoms with Crippen molar-refractivity contribution in [2.45, 2.75) is 25.8 Å². The topological polar surface area (TPSA) is 45.2 Å². The Kier molecular flexibility index (Phi) is 4.55. The summed E-state index contributed by atoms with van der Waals surface area (Å²) in [6.07, 6.45) is 3.20. The fourth-order valence-corrected chi connectivity index (χ4v) is 2.89. The maximum Gasteiger partial charge on any atom is 0.270 e. The monoisotopic (exact) mass is 313 g/mol. The molecule has 1 saturated heterocycles. The predicted molar refractivity (Wildman–Crippen MR) is 88.1 cm³/mol. The van der Waals surface area contributed by atoms with Crippen molar-refractivity contribution in [3.8, 4) is 0 Å². The van der Waals surface area contributed by atoms with Crippen LogP contribution in [0.4, 0.5) is 10.1 Å². The van der Waals surface area contributed by atoms with E-state index in [0.717, 1.165) is 31.5 Å². The number of pyridine rings is 1. The fraction of sp³-hybridized carbons (Fsp3) is 0.333. The number of carbonyl (C=O) groups excluding carboxylic acids is 1. The van der Waals surface area contributed by atoms with Gasteiger partial charge in [0, 0.05) is 25.3 Å². The maximum atomic E-state index is 14.0. The maximum absolute atomic E-state index is 14.0. The van der Waals surface area contributed by atoms with Gasteiger partial charge in [-0.2, -0.15) is 0 Å². The molecule has 0 unspecified atom stereocenters. The number of anilines is 1. The van der Waals surface area contributed by atoms with Crippen molar-refractivity contribution >= 4 is 11.6 Å². The smallest absolute Gasteiger partial charge is 0.270 e. The summed E-state index contributed by atoms with van der Waals surface area (Å²) in [6, 6.07) is 10.6. The fourth-order valence-electron chi connectivity index (χ4n) is 2.89. The largest absolute Gasteiger partial charge is 0.369 e. The second-order valence-corrected chi connectivity index (χ2v) is 5.90. The van der Waals surface area contributed by atoms with Gasteiger partial charge in [-0.15, -0.1) is 0 Å². The molecule has 0 spiro atoms. The van der Waals surface area contributed by atoms with Crippen molar-refractivity contribution in [3.05, 3.63) is 59.7 Å². The third-order valence-electron chi connectivity index (χ3n) is 4.17. The summed E-state index contributed by atoms with van der Waals surface area (Å²) in [4.78, 5) is 18.2. The van der Waals surface area contributed by atoms with Gasteiger partial charge >= 0.3 is 0 Å². The number of nitrogens with one attached hydrogen (secondary N) is 1. The molecule has 0 bridgehead atoms. The first-order valence-electron chi connectivity index (χ1n) is 7.86. The number of halogens is 1. The van der Waals surface area contributed by atoms with Crippen LogP contribution in [0.15, 0.2) is 42.6 Å². The van der Waals surface area contributed by atoms with Crippen LogP contribution in [0.25, 0.3) is 0 Å². The molecule has 2 aromatic rings. The first-order chi connectivity index (χ1) is 11.1. The van der Waals surface area contributed by atoms with Gasteiger partial charge in [-0.1, -0.05) is 12.1 Å². The van der Waals surface area contributed by atoms with Gasteiger partial charge in [-0.3, -0.25) is 9.78 Å². The van der Waals surface area contributed by atoms with E-state index < -0.39 is 0 Å². The van der Waals surface area contributed by atoms with Crippen molar-refractivity contribution in [2.75, 3.05) is 18.0 Å². The van der Waals surface area contributed by atoms with Crippen molar-refractivity contribution in [2.24, 2.45) is 0 Å². The molecule has 0 radical (unpaired) electrons. The van der Waals surface area contributed by atoms with E-state index in [1.165, 1.54) is 6.07 Å². The third-order valence-corrected chi connectivity index (χ3v) is 4.17. The van der Waals surface area contributed by atoms with Crippen LogP contribution >= 0.6 is 0 Å². The molecule has 23 heavy (non-hydrogen) atoms. The standard InChI is InChI=1S/C18H20FN3O/c1-13-5-6-15(19)17(12-13)22-10-7-14(8-11-22)21-18(23)16-4-2-3-9-20-16/h2-6,9,12,14H,7-8,10-11H2,1H3,(H,21,23). The van der Waals surface area contributed by atoms with Gasteiger partial charge in [0.2, 0.25) is 0 Å². The second kappa shape index (κ2) is 6.77. The quantitative estimate of drug-likeness (QED) is 0.947. The number of aromatic nitrogens is 1. The molecular formula is C18H20FN3O. The highest BCUT2D eigenvalue weighted by atomic mass is 19.1. The molecule has 1 aliphatic heterocycles. The van der Waals surface area contributed by atoms with Gasteiger partial charge in [-0.05, 0) is 49.6 Å². The van der Waals surface area contributed by atoms with E-state index in [2.05, 4.69) is 10.3 Å². The highest BCUT2D eigenvalue weighted by Crippen LogP contribution is 2.24. The molecule has 1 aliphatic rings. The summed E-state index contributed by atoms with van der Waals surface area (Å²) < 4.78 is 14.0. The lowest BCUT2D eigenvalue weighted by atomic mass is 10.0. The van der Waals surface area contributed by atoms with Crippen LogP contribution in [0, 0.1) is 12.7 Å². The minimum Gasteiger partial charge on any atom is -0.369 e. The lowest BCUT2D eigenvalue weighted by molar-refractivity contribution is 0.0926. The Bertz CT molecular complexity index is 682. The zero-order chi connectivity index (χ0) is 16.2. The second-order valence-electron chi connectivity index (χ2n) is 5.90. The number of hydrogen-bond acceptors (Lipinski definition) is 3. The number of hydrogen-bond donors (Lipinski definition) is 1. The molecule has 2 heterocycles. The Morgan fingerprint density at radius 3 is 2.74 bits per heavy atom. The zero-order valence-corrected chi connectivity index (χ0v) is 13.1. The van der Waals surface area contributed by atoms with Gasteiger partial charge in [-0.25, -0.2) is 4.39 Å². The van der Waals surface area contributed by atoms with Crippen LogP contribution < -0.4 is 10.2 Å². The Morgan fingerprint density at radius 2 is 2.04 bits per heavy atom. The van der Waals surface area contributed by atoms with Crippen LogP contribution in [0.1, 0.15) is 28.9 Å². The highest BCUT2D eigenvalue weighted by Gasteiger charge is 2.23. The molecule has 1 aromatic carbocycles. The molecule has 1 amide bonds. The van der Waals surface area contributed by atoms with E-state index >= 15 is 0 Å². The van der Waals surface area contributed by atoms with Gasteiger partial charge in [0.1, 0.15) is 11.5 Å². The SMILES string of the molecule is Cc1ccc(F)c(N2CCC(NC(=O)c3ccccn3)CC2)c1. The lowest BCUT2D eigenvalue weighted by Gasteiger charge is -2.34. The van der Waals surface area contributed by atoms with Gasteiger partial charge in [0.05, 0.1) is 5.69 Å². The van der Waals surface area contributed by atoms with E-state index in [-0.39, 0.29) is 17.8 Å². The molecule has 1 aromatic heterocycles. The summed E-state index contributed by atoms with van der Waals surface area (Å²) >= 11 is 0. The van der Waals surface area contributed by atoms with Crippen molar-refractivity contribution < 1.29 is 9.18 Å². The Labute approximate surface area is 135 Å². The molecule has 5 heteroatoms. The first kappa shape index (κ1) is 15.5. The molecule has 4 nitrogen and oxygen atoms in total. The van der Waals surface area contributed by atoms with E-state index in [1.807, 2.05) is 17.9 Å². The van der Waals surface area contributed by atoms with Crippen LogP contribution in [0.2, 0.25) is 0 Å². The van der Waals surface area contributed by atoms with Crippen molar-refractivity contribution in [1.82, 2.24) is 10.3 Å². The minimum absolute atomic E-state index is 0.105. The van der Waals surface area contributed by atoms with Crippen LogP contribution in [-0.4, -0.2) is 30.0 Å². The average molecular weight is 313 g/mol. The van der Waals surface area contributed by atoms with Crippen LogP contribution in [0.5, 0.6) is 0 Å². The summed E-state index contributed by atoms with van der Waals surface area (Å²) in [6.45, 7) is 3.42. The number of rotatable bonds is 3. The zero-order valence-electron chi connectivity index (χ0n) is 13.1. The first-order valence-corrected chi connectivity index (χ1v) is 7.86. The number of benzene rings is 1. The normalized spacial score (nSPS) is 15.5. The summed E-state index contributed by atoms with van der Waals surface area (Å²) in [5.74, 6) is -0.336. The van der Waals surface area contributed by atoms with E-state index in [0.29, 0.717) is 11.4 Å². The molecule has 3 rings (SSSR count). The average Bonchev–Trinajstić information content (AvgIpc) is 2.58. The molecule has 1 N–H and O–H groups in total. The van der Waals surface area contributed by atoms with E-state index in [9.17, 15) is 9.18 Å². The molecule has 0 atom stereocenters. The van der Waals surface area contributed by atoms with Crippen molar-refractivity contribution in [1.29, 1.82) is 0 Å². The number of piperidine rings is 1. The lowest BCUT2D eigenvalue weighted by Crippen LogP contribution is -2.45. The Hall–Kier alpha value is -2.43. The van der Waals surface area contributed by atoms with Crippen LogP contribution in [0.3, 0.4) is 0 Å². The number of amides is 1. The Morgan fingerprint density at radius 1 is 1.26 bits per heavy atom. The van der Waals surface area contributed by atoms with Crippen molar-refractivity contribution in [3.63, 3.8) is 0 Å². The highest BCUT2D eigenvalue weighted by molar-refractivity contribution is 5.92. The van der Waals surface area contributed by atoms with Gasteiger partial charge in [0.25, 0.3) is 5.91 Å². The van der Waals surface area contributed by atoms with Crippen LogP contribution in [-0.2, 0) is 0 Å². The summed E-state index contributed by atoms with van der Waals surface area (Å²) in [5.41, 5.74) is 2.13. The molecule has 0 aliphatic carbocycles. The van der Waals surface area contributed by atoms with Gasteiger partial charge in [0.15, 0.2) is 0 Å². The van der Waals surface area contributed by atoms with Gasteiger partial charge < -0.3 is 10.2 Å². The number of aryl methyl sites for hydroxylation is 1. The summed E-state index contributed by atoms with van der Waals surface area (Å²) in [5, 5.41) is 3.01.